The Morgan fingerprint density at radius 1 is 1.09 bits per heavy atom. The average Bonchev–Trinajstić information content (AvgIpc) is 3.13. The molecule has 0 spiro atoms. The zero-order valence-electron chi connectivity index (χ0n) is 19.0. The van der Waals surface area contributed by atoms with Crippen LogP contribution in [0.15, 0.2) is 29.6 Å². The third-order valence-corrected chi connectivity index (χ3v) is 8.33. The van der Waals surface area contributed by atoms with Gasteiger partial charge in [0.15, 0.2) is 11.5 Å². The van der Waals surface area contributed by atoms with Crippen molar-refractivity contribution in [1.29, 1.82) is 0 Å². The largest absolute Gasteiger partial charge is 0.486 e. The summed E-state index contributed by atoms with van der Waals surface area (Å²) in [6, 6.07) is 6.17. The Morgan fingerprint density at radius 2 is 1.88 bits per heavy atom. The smallest absolute Gasteiger partial charge is 0.223 e. The number of nitrogens with zero attached hydrogens (tertiary/aromatic N) is 4. The number of hydrogen-bond donors (Lipinski definition) is 0. The number of aromatic nitrogens is 2. The molecule has 2 aliphatic rings. The molecule has 9 heteroatoms. The SMILES string of the molecule is Cc1sc2ncnc(SCCC(=O)N3CCN(Cc4ccc5c(c4)OCCO5)CC3)c2c1C. The molecule has 0 unspecified atom stereocenters. The summed E-state index contributed by atoms with van der Waals surface area (Å²) in [5.74, 6) is 2.62. The van der Waals surface area contributed by atoms with E-state index in [2.05, 4.69) is 40.8 Å². The van der Waals surface area contributed by atoms with E-state index in [0.29, 0.717) is 19.6 Å². The molecule has 1 fully saturated rings. The first kappa shape index (κ1) is 22.4. The average molecular weight is 485 g/mol. The van der Waals surface area contributed by atoms with Gasteiger partial charge in [0, 0.05) is 55.2 Å². The van der Waals surface area contributed by atoms with Gasteiger partial charge in [-0.15, -0.1) is 23.1 Å². The fourth-order valence-electron chi connectivity index (χ4n) is 4.25. The zero-order valence-corrected chi connectivity index (χ0v) is 20.6. The monoisotopic (exact) mass is 484 g/mol. The molecule has 33 heavy (non-hydrogen) atoms. The fraction of sp³-hybridized carbons (Fsp3) is 0.458. The molecule has 0 N–H and O–H groups in total. The Balaban J connectivity index is 1.10. The zero-order chi connectivity index (χ0) is 22.8. The third kappa shape index (κ3) is 4.95. The molecule has 0 radical (unpaired) electrons. The predicted octanol–water partition coefficient (Wildman–Crippen LogP) is 3.91. The molecular formula is C24H28N4O3S2. The molecule has 5 rings (SSSR count). The first-order valence-corrected chi connectivity index (χ1v) is 13.1. The van der Waals surface area contributed by atoms with E-state index in [0.717, 1.165) is 65.2 Å². The van der Waals surface area contributed by atoms with Crippen molar-refractivity contribution in [2.24, 2.45) is 0 Å². The number of carbonyl (C=O) groups is 1. The van der Waals surface area contributed by atoms with Gasteiger partial charge in [-0.2, -0.15) is 0 Å². The van der Waals surface area contributed by atoms with Crippen LogP contribution in [0, 0.1) is 13.8 Å². The van der Waals surface area contributed by atoms with Crippen molar-refractivity contribution in [3.63, 3.8) is 0 Å². The Morgan fingerprint density at radius 3 is 2.70 bits per heavy atom. The van der Waals surface area contributed by atoms with Crippen LogP contribution in [0.25, 0.3) is 10.2 Å². The summed E-state index contributed by atoms with van der Waals surface area (Å²) < 4.78 is 11.3. The molecular weight excluding hydrogens is 456 g/mol. The van der Waals surface area contributed by atoms with Crippen LogP contribution in [0.1, 0.15) is 22.4 Å². The number of amides is 1. The molecule has 7 nitrogen and oxygen atoms in total. The number of aryl methyl sites for hydroxylation is 2. The van der Waals surface area contributed by atoms with Crippen LogP contribution in [0.5, 0.6) is 11.5 Å². The second kappa shape index (κ2) is 9.87. The minimum Gasteiger partial charge on any atom is -0.486 e. The van der Waals surface area contributed by atoms with Crippen molar-refractivity contribution < 1.29 is 14.3 Å². The van der Waals surface area contributed by atoms with Gasteiger partial charge >= 0.3 is 0 Å². The maximum absolute atomic E-state index is 12.8. The van der Waals surface area contributed by atoms with Crippen molar-refractivity contribution in [2.75, 3.05) is 45.1 Å². The highest BCUT2D eigenvalue weighted by Gasteiger charge is 2.22. The van der Waals surface area contributed by atoms with Crippen LogP contribution in [-0.2, 0) is 11.3 Å². The molecule has 1 amide bonds. The maximum atomic E-state index is 12.8. The van der Waals surface area contributed by atoms with Gasteiger partial charge in [0.25, 0.3) is 0 Å². The molecule has 0 bridgehead atoms. The van der Waals surface area contributed by atoms with Gasteiger partial charge in [0.1, 0.15) is 29.4 Å². The van der Waals surface area contributed by atoms with Gasteiger partial charge in [0.2, 0.25) is 5.91 Å². The van der Waals surface area contributed by atoms with Crippen LogP contribution in [-0.4, -0.2) is 70.8 Å². The van der Waals surface area contributed by atoms with Gasteiger partial charge in [-0.05, 0) is 37.1 Å². The number of benzene rings is 1. The van der Waals surface area contributed by atoms with E-state index in [1.54, 1.807) is 29.4 Å². The van der Waals surface area contributed by atoms with Crippen molar-refractivity contribution in [3.05, 3.63) is 40.5 Å². The summed E-state index contributed by atoms with van der Waals surface area (Å²) in [5, 5.41) is 2.13. The third-order valence-electron chi connectivity index (χ3n) is 6.22. The van der Waals surface area contributed by atoms with E-state index in [4.69, 9.17) is 9.47 Å². The maximum Gasteiger partial charge on any atom is 0.223 e. The van der Waals surface area contributed by atoms with Crippen LogP contribution >= 0.6 is 23.1 Å². The lowest BCUT2D eigenvalue weighted by molar-refractivity contribution is -0.132. The lowest BCUT2D eigenvalue weighted by Crippen LogP contribution is -2.48. The van der Waals surface area contributed by atoms with E-state index < -0.39 is 0 Å². The van der Waals surface area contributed by atoms with Gasteiger partial charge in [0.05, 0.1) is 0 Å². The molecule has 2 aliphatic heterocycles. The van der Waals surface area contributed by atoms with E-state index in [1.807, 2.05) is 11.0 Å². The standard InChI is InChI=1S/C24H28N4O3S2/c1-16-17(2)33-24-22(16)23(25-15-26-24)32-12-5-21(29)28-8-6-27(7-9-28)14-18-3-4-19-20(13-18)31-11-10-30-19/h3-4,13,15H,5-12,14H2,1-2H3. The fourth-order valence-corrected chi connectivity index (χ4v) is 6.30. The normalized spacial score (nSPS) is 16.4. The van der Waals surface area contributed by atoms with Gasteiger partial charge in [-0.3, -0.25) is 9.69 Å². The Labute approximate surface area is 202 Å². The second-order valence-electron chi connectivity index (χ2n) is 8.38. The number of hydrogen-bond acceptors (Lipinski definition) is 8. The van der Waals surface area contributed by atoms with Crippen molar-refractivity contribution in [1.82, 2.24) is 19.8 Å². The number of fused-ring (bicyclic) bond motifs is 2. The molecule has 1 aromatic carbocycles. The van der Waals surface area contributed by atoms with Gasteiger partial charge < -0.3 is 14.4 Å². The topological polar surface area (TPSA) is 67.8 Å². The van der Waals surface area contributed by atoms with Gasteiger partial charge in [-0.1, -0.05) is 6.07 Å². The van der Waals surface area contributed by atoms with Crippen LogP contribution < -0.4 is 9.47 Å². The molecule has 174 valence electrons. The molecule has 3 aromatic rings. The molecule has 0 saturated carbocycles. The van der Waals surface area contributed by atoms with E-state index in [1.165, 1.54) is 16.0 Å². The quantitative estimate of drug-likeness (QED) is 0.388. The van der Waals surface area contributed by atoms with Crippen molar-refractivity contribution >= 4 is 39.2 Å². The second-order valence-corrected chi connectivity index (χ2v) is 10.7. The first-order valence-electron chi connectivity index (χ1n) is 11.3. The van der Waals surface area contributed by atoms with E-state index in [-0.39, 0.29) is 5.91 Å². The minimum absolute atomic E-state index is 0.227. The summed E-state index contributed by atoms with van der Waals surface area (Å²) >= 11 is 3.36. The molecule has 0 atom stereocenters. The predicted molar refractivity (Wildman–Crippen MR) is 132 cm³/mol. The Hall–Kier alpha value is -2.36. The van der Waals surface area contributed by atoms with Crippen molar-refractivity contribution in [3.8, 4) is 11.5 Å². The summed E-state index contributed by atoms with van der Waals surface area (Å²) in [6.07, 6.45) is 2.16. The summed E-state index contributed by atoms with van der Waals surface area (Å²) in [5.41, 5.74) is 2.46. The number of thiophene rings is 1. The highest BCUT2D eigenvalue weighted by Crippen LogP contribution is 2.35. The lowest BCUT2D eigenvalue weighted by Gasteiger charge is -2.35. The van der Waals surface area contributed by atoms with Crippen LogP contribution in [0.4, 0.5) is 0 Å². The number of thioether (sulfide) groups is 1. The highest BCUT2D eigenvalue weighted by atomic mass is 32.2. The molecule has 0 aliphatic carbocycles. The number of piperazine rings is 1. The molecule has 2 aromatic heterocycles. The van der Waals surface area contributed by atoms with Crippen molar-refractivity contribution in [2.45, 2.75) is 31.8 Å². The minimum atomic E-state index is 0.227. The summed E-state index contributed by atoms with van der Waals surface area (Å²) in [6.45, 7) is 9.62. The molecule has 4 heterocycles. The van der Waals surface area contributed by atoms with E-state index >= 15 is 0 Å². The first-order chi connectivity index (χ1) is 16.1. The number of carbonyl (C=O) groups excluding carboxylic acids is 1. The number of rotatable bonds is 6. The lowest BCUT2D eigenvalue weighted by atomic mass is 10.1. The van der Waals surface area contributed by atoms with Crippen LogP contribution in [0.3, 0.4) is 0 Å². The van der Waals surface area contributed by atoms with Gasteiger partial charge in [-0.25, -0.2) is 9.97 Å². The Bertz CT molecular complexity index is 1160. The molecule has 1 saturated heterocycles. The van der Waals surface area contributed by atoms with Crippen LogP contribution in [0.2, 0.25) is 0 Å². The Kier molecular flexibility index (Phi) is 6.71. The summed E-state index contributed by atoms with van der Waals surface area (Å²) in [4.78, 5) is 28.4. The summed E-state index contributed by atoms with van der Waals surface area (Å²) in [7, 11) is 0. The number of ether oxygens (including phenoxy) is 2. The van der Waals surface area contributed by atoms with E-state index in [9.17, 15) is 4.79 Å². The highest BCUT2D eigenvalue weighted by molar-refractivity contribution is 7.99.